The average Bonchev–Trinajstić information content (AvgIpc) is 2.02. The summed E-state index contributed by atoms with van der Waals surface area (Å²) >= 11 is 9.22. The Balaban J connectivity index is 3.00. The van der Waals surface area contributed by atoms with Crippen molar-refractivity contribution in [2.24, 2.45) is 0 Å². The molecule has 13 heavy (non-hydrogen) atoms. The van der Waals surface area contributed by atoms with Crippen LogP contribution >= 0.6 is 27.5 Å². The van der Waals surface area contributed by atoms with Crippen molar-refractivity contribution in [2.75, 3.05) is 6.61 Å². The first-order valence-corrected chi connectivity index (χ1v) is 4.77. The molecule has 1 aromatic carbocycles. The standard InChI is InChI=1S/C9H7BrClNO/c1-6-4-7(10)5-8(11)9(6)13-3-2-12/h4-5H,3H2,1H3. The largest absolute Gasteiger partial charge is 0.477 e. The van der Waals surface area contributed by atoms with Gasteiger partial charge >= 0.3 is 0 Å². The maximum absolute atomic E-state index is 8.34. The summed E-state index contributed by atoms with van der Waals surface area (Å²) in [5, 5.41) is 8.85. The Bertz CT molecular complexity index is 336. The minimum atomic E-state index is 0.0161. The Kier molecular flexibility index (Phi) is 3.58. The van der Waals surface area contributed by atoms with E-state index < -0.39 is 0 Å². The van der Waals surface area contributed by atoms with E-state index in [-0.39, 0.29) is 6.61 Å². The second kappa shape index (κ2) is 4.50. The Morgan fingerprint density at radius 2 is 2.31 bits per heavy atom. The van der Waals surface area contributed by atoms with Gasteiger partial charge in [-0.3, -0.25) is 0 Å². The highest BCUT2D eigenvalue weighted by Gasteiger charge is 2.06. The molecule has 0 aliphatic heterocycles. The molecule has 0 amide bonds. The predicted octanol–water partition coefficient (Wildman–Crippen LogP) is 3.31. The molecule has 0 saturated heterocycles. The van der Waals surface area contributed by atoms with E-state index in [1.807, 2.05) is 19.1 Å². The van der Waals surface area contributed by atoms with Crippen LogP contribution in [0.2, 0.25) is 5.02 Å². The van der Waals surface area contributed by atoms with Crippen LogP contribution in [0.1, 0.15) is 5.56 Å². The van der Waals surface area contributed by atoms with E-state index >= 15 is 0 Å². The van der Waals surface area contributed by atoms with Gasteiger partial charge in [0.1, 0.15) is 11.8 Å². The summed E-state index contributed by atoms with van der Waals surface area (Å²) in [5.74, 6) is 0.575. The van der Waals surface area contributed by atoms with Crippen LogP contribution in [0, 0.1) is 18.3 Å². The van der Waals surface area contributed by atoms with Crippen molar-refractivity contribution >= 4 is 27.5 Å². The lowest BCUT2D eigenvalue weighted by Crippen LogP contribution is -1.96. The molecule has 0 atom stereocenters. The Labute approximate surface area is 90.2 Å². The smallest absolute Gasteiger partial charge is 0.174 e. The predicted molar refractivity (Wildman–Crippen MR) is 55.0 cm³/mol. The van der Waals surface area contributed by atoms with Crippen LogP contribution in [-0.2, 0) is 0 Å². The molecule has 1 rings (SSSR count). The maximum atomic E-state index is 8.34. The van der Waals surface area contributed by atoms with E-state index in [1.54, 1.807) is 6.07 Å². The molecule has 1 aromatic rings. The zero-order valence-corrected chi connectivity index (χ0v) is 9.32. The van der Waals surface area contributed by atoms with Gasteiger partial charge in [0.25, 0.3) is 0 Å². The molecule has 0 N–H and O–H groups in total. The molecule has 0 bridgehead atoms. The van der Waals surface area contributed by atoms with Gasteiger partial charge in [0.15, 0.2) is 6.61 Å². The molecule has 0 saturated carbocycles. The summed E-state index contributed by atoms with van der Waals surface area (Å²) in [4.78, 5) is 0. The number of rotatable bonds is 2. The van der Waals surface area contributed by atoms with E-state index in [1.165, 1.54) is 0 Å². The highest BCUT2D eigenvalue weighted by atomic mass is 79.9. The minimum Gasteiger partial charge on any atom is -0.477 e. The van der Waals surface area contributed by atoms with E-state index in [2.05, 4.69) is 15.9 Å². The van der Waals surface area contributed by atoms with Crippen molar-refractivity contribution in [1.29, 1.82) is 5.26 Å². The van der Waals surface area contributed by atoms with Gasteiger partial charge in [-0.05, 0) is 24.6 Å². The number of nitriles is 1. The highest BCUT2D eigenvalue weighted by molar-refractivity contribution is 9.10. The Morgan fingerprint density at radius 3 is 2.85 bits per heavy atom. The molecular formula is C9H7BrClNO. The first-order valence-electron chi connectivity index (χ1n) is 3.60. The Hall–Kier alpha value is -0.720. The monoisotopic (exact) mass is 259 g/mol. The maximum Gasteiger partial charge on any atom is 0.174 e. The van der Waals surface area contributed by atoms with Crippen LogP contribution < -0.4 is 4.74 Å². The lowest BCUT2D eigenvalue weighted by Gasteiger charge is -2.08. The minimum absolute atomic E-state index is 0.0161. The second-order valence-electron chi connectivity index (χ2n) is 2.48. The molecule has 0 spiro atoms. The number of hydrogen-bond acceptors (Lipinski definition) is 2. The van der Waals surface area contributed by atoms with E-state index in [0.29, 0.717) is 10.8 Å². The molecule has 0 aliphatic rings. The van der Waals surface area contributed by atoms with Crippen molar-refractivity contribution in [3.8, 4) is 11.8 Å². The highest BCUT2D eigenvalue weighted by Crippen LogP contribution is 2.31. The lowest BCUT2D eigenvalue weighted by atomic mass is 10.2. The Morgan fingerprint density at radius 1 is 1.62 bits per heavy atom. The third-order valence-electron chi connectivity index (χ3n) is 1.48. The normalized spacial score (nSPS) is 9.38. The number of hydrogen-bond donors (Lipinski definition) is 0. The number of benzene rings is 1. The lowest BCUT2D eigenvalue weighted by molar-refractivity contribution is 0.365. The van der Waals surface area contributed by atoms with Crippen molar-refractivity contribution in [3.05, 3.63) is 27.2 Å². The fraction of sp³-hybridized carbons (Fsp3) is 0.222. The van der Waals surface area contributed by atoms with Gasteiger partial charge in [0, 0.05) is 4.47 Å². The van der Waals surface area contributed by atoms with Crippen molar-refractivity contribution in [3.63, 3.8) is 0 Å². The summed E-state index contributed by atoms with van der Waals surface area (Å²) in [7, 11) is 0. The third kappa shape index (κ3) is 2.61. The fourth-order valence-electron chi connectivity index (χ4n) is 0.976. The molecule has 68 valence electrons. The van der Waals surface area contributed by atoms with Crippen LogP contribution in [0.25, 0.3) is 0 Å². The van der Waals surface area contributed by atoms with Gasteiger partial charge in [-0.2, -0.15) is 5.26 Å². The first kappa shape index (κ1) is 10.4. The molecule has 0 unspecified atom stereocenters. The van der Waals surface area contributed by atoms with Crippen molar-refractivity contribution in [2.45, 2.75) is 6.92 Å². The second-order valence-corrected chi connectivity index (χ2v) is 3.80. The molecule has 0 heterocycles. The molecule has 2 nitrogen and oxygen atoms in total. The van der Waals surface area contributed by atoms with Gasteiger partial charge < -0.3 is 4.74 Å². The van der Waals surface area contributed by atoms with E-state index in [9.17, 15) is 0 Å². The van der Waals surface area contributed by atoms with Crippen LogP contribution in [-0.4, -0.2) is 6.61 Å². The summed E-state index contributed by atoms with van der Waals surface area (Å²) in [6.07, 6.45) is 0. The van der Waals surface area contributed by atoms with Crippen molar-refractivity contribution < 1.29 is 4.74 Å². The first-order chi connectivity index (χ1) is 6.15. The van der Waals surface area contributed by atoms with Gasteiger partial charge in [0.05, 0.1) is 5.02 Å². The average molecular weight is 261 g/mol. The fourth-order valence-corrected chi connectivity index (χ4v) is 2.00. The van der Waals surface area contributed by atoms with Crippen LogP contribution in [0.4, 0.5) is 0 Å². The quantitative estimate of drug-likeness (QED) is 0.817. The van der Waals surface area contributed by atoms with Crippen LogP contribution in [0.3, 0.4) is 0 Å². The van der Waals surface area contributed by atoms with Gasteiger partial charge in [-0.25, -0.2) is 0 Å². The molecule has 0 aliphatic carbocycles. The molecule has 4 heteroatoms. The van der Waals surface area contributed by atoms with E-state index in [0.717, 1.165) is 10.0 Å². The van der Waals surface area contributed by atoms with Crippen LogP contribution in [0.5, 0.6) is 5.75 Å². The van der Waals surface area contributed by atoms with Crippen molar-refractivity contribution in [1.82, 2.24) is 0 Å². The number of ether oxygens (including phenoxy) is 1. The summed E-state index contributed by atoms with van der Waals surface area (Å²) in [6.45, 7) is 1.89. The zero-order valence-electron chi connectivity index (χ0n) is 6.97. The SMILES string of the molecule is Cc1cc(Br)cc(Cl)c1OCC#N. The van der Waals surface area contributed by atoms with Gasteiger partial charge in [-0.15, -0.1) is 0 Å². The summed E-state index contributed by atoms with van der Waals surface area (Å²) in [6, 6.07) is 5.52. The summed E-state index contributed by atoms with van der Waals surface area (Å²) < 4.78 is 6.06. The molecule has 0 aromatic heterocycles. The van der Waals surface area contributed by atoms with Gasteiger partial charge in [0.2, 0.25) is 0 Å². The summed E-state index contributed by atoms with van der Waals surface area (Å²) in [5.41, 5.74) is 0.912. The topological polar surface area (TPSA) is 33.0 Å². The third-order valence-corrected chi connectivity index (χ3v) is 2.21. The number of aryl methyl sites for hydroxylation is 1. The zero-order chi connectivity index (χ0) is 9.84. The van der Waals surface area contributed by atoms with Gasteiger partial charge in [-0.1, -0.05) is 27.5 Å². The number of halogens is 2. The molecule has 0 radical (unpaired) electrons. The number of nitrogens with zero attached hydrogens (tertiary/aromatic N) is 1. The van der Waals surface area contributed by atoms with E-state index in [4.69, 9.17) is 21.6 Å². The molecular weight excluding hydrogens is 253 g/mol. The molecule has 0 fully saturated rings. The van der Waals surface area contributed by atoms with Crippen LogP contribution in [0.15, 0.2) is 16.6 Å².